The Morgan fingerprint density at radius 2 is 2.21 bits per heavy atom. The molecule has 3 N–H and O–H groups in total. The fourth-order valence-electron chi connectivity index (χ4n) is 1.34. The van der Waals surface area contributed by atoms with Gasteiger partial charge in [0.05, 0.1) is 12.7 Å². The number of nitrogens with zero attached hydrogens (tertiary/aromatic N) is 1. The van der Waals surface area contributed by atoms with Crippen LogP contribution in [0.15, 0.2) is 15.8 Å². The van der Waals surface area contributed by atoms with Gasteiger partial charge in [0.1, 0.15) is 12.8 Å². The second-order valence-electron chi connectivity index (χ2n) is 4.02. The summed E-state index contributed by atoms with van der Waals surface area (Å²) in [7, 11) is -0.699. The molecule has 0 aliphatic rings. The normalized spacial score (nSPS) is 14.9. The molecule has 0 saturated heterocycles. The first-order valence-corrected chi connectivity index (χ1v) is 6.42. The molecule has 1 rings (SSSR count). The van der Waals surface area contributed by atoms with Crippen molar-refractivity contribution in [3.8, 4) is 0 Å². The summed E-state index contributed by atoms with van der Waals surface area (Å²) < 4.78 is 11.3. The van der Waals surface area contributed by atoms with Crippen LogP contribution in [0.2, 0.25) is 0 Å². The molecule has 0 spiro atoms. The van der Waals surface area contributed by atoms with Crippen LogP contribution in [0.5, 0.6) is 0 Å². The lowest BCUT2D eigenvalue weighted by molar-refractivity contribution is -0.0770. The predicted octanol–water partition coefficient (Wildman–Crippen LogP) is -0.914. The van der Waals surface area contributed by atoms with Crippen LogP contribution in [0.3, 0.4) is 0 Å². The van der Waals surface area contributed by atoms with Gasteiger partial charge in [-0.1, -0.05) is 0 Å². The monoisotopic (exact) mass is 292 g/mol. The first-order valence-electron chi connectivity index (χ1n) is 5.56. The summed E-state index contributed by atoms with van der Waals surface area (Å²) in [5.74, 6) is 0. The number of rotatable bonds is 7. The SMILES string of the molecule is Cc1cn(COC(COPO)[C@H](C)O)c(=O)[nH]c1=O. The van der Waals surface area contributed by atoms with Gasteiger partial charge in [-0.2, -0.15) is 0 Å². The predicted molar refractivity (Wildman–Crippen MR) is 69.1 cm³/mol. The third-order valence-electron chi connectivity index (χ3n) is 2.47. The molecule has 2 unspecified atom stereocenters. The molecular formula is C10H17N2O6P. The van der Waals surface area contributed by atoms with Crippen molar-refractivity contribution in [3.05, 3.63) is 32.6 Å². The summed E-state index contributed by atoms with van der Waals surface area (Å²) in [4.78, 5) is 33.4. The Labute approximate surface area is 110 Å². The highest BCUT2D eigenvalue weighted by molar-refractivity contribution is 7.24. The second kappa shape index (κ2) is 7.52. The Hall–Kier alpha value is -1.05. The van der Waals surface area contributed by atoms with E-state index in [-0.39, 0.29) is 13.3 Å². The van der Waals surface area contributed by atoms with Crippen LogP contribution in [0.25, 0.3) is 0 Å². The van der Waals surface area contributed by atoms with Gasteiger partial charge in [-0.05, 0) is 13.8 Å². The van der Waals surface area contributed by atoms with Gasteiger partial charge in [0.15, 0.2) is 9.03 Å². The third-order valence-corrected chi connectivity index (χ3v) is 2.76. The maximum atomic E-state index is 11.5. The maximum Gasteiger partial charge on any atom is 0.330 e. The molecule has 3 atom stereocenters. The van der Waals surface area contributed by atoms with E-state index in [4.69, 9.17) is 14.2 Å². The molecule has 1 aromatic rings. The zero-order valence-electron chi connectivity index (χ0n) is 10.6. The van der Waals surface area contributed by atoms with E-state index in [1.54, 1.807) is 6.92 Å². The minimum atomic E-state index is -0.823. The number of aliphatic hydroxyl groups is 1. The van der Waals surface area contributed by atoms with E-state index in [1.807, 2.05) is 0 Å². The number of ether oxygens (including phenoxy) is 1. The molecule has 0 saturated carbocycles. The molecule has 0 aliphatic heterocycles. The van der Waals surface area contributed by atoms with E-state index >= 15 is 0 Å². The molecule has 19 heavy (non-hydrogen) atoms. The first-order chi connectivity index (χ1) is 8.95. The third kappa shape index (κ3) is 4.85. The van der Waals surface area contributed by atoms with Gasteiger partial charge in [0.25, 0.3) is 5.56 Å². The van der Waals surface area contributed by atoms with Gasteiger partial charge in [-0.25, -0.2) is 4.79 Å². The van der Waals surface area contributed by atoms with Gasteiger partial charge in [-0.3, -0.25) is 14.3 Å². The lowest BCUT2D eigenvalue weighted by atomic mass is 10.2. The highest BCUT2D eigenvalue weighted by atomic mass is 31.1. The summed E-state index contributed by atoms with van der Waals surface area (Å²) in [6, 6.07) is 0. The van der Waals surface area contributed by atoms with Gasteiger partial charge in [0, 0.05) is 11.8 Å². The zero-order chi connectivity index (χ0) is 14.4. The highest BCUT2D eigenvalue weighted by Gasteiger charge is 2.16. The molecule has 0 fully saturated rings. The van der Waals surface area contributed by atoms with Crippen molar-refractivity contribution in [1.82, 2.24) is 9.55 Å². The summed E-state index contributed by atoms with van der Waals surface area (Å²) in [5.41, 5.74) is -0.659. The average molecular weight is 292 g/mol. The Morgan fingerprint density at radius 1 is 1.53 bits per heavy atom. The number of aryl methyl sites for hydroxylation is 1. The van der Waals surface area contributed by atoms with Gasteiger partial charge in [0.2, 0.25) is 0 Å². The van der Waals surface area contributed by atoms with Crippen molar-refractivity contribution in [3.63, 3.8) is 0 Å². The van der Waals surface area contributed by atoms with Crippen molar-refractivity contribution in [2.45, 2.75) is 32.8 Å². The van der Waals surface area contributed by atoms with Crippen molar-refractivity contribution in [1.29, 1.82) is 0 Å². The molecule has 108 valence electrons. The fraction of sp³-hybridized carbons (Fsp3) is 0.600. The number of aliphatic hydroxyl groups excluding tert-OH is 1. The number of aromatic amines is 1. The number of hydrogen-bond donors (Lipinski definition) is 3. The van der Waals surface area contributed by atoms with Gasteiger partial charge in [-0.15, -0.1) is 0 Å². The quantitative estimate of drug-likeness (QED) is 0.560. The van der Waals surface area contributed by atoms with E-state index in [0.29, 0.717) is 5.56 Å². The number of H-pyrrole nitrogens is 1. The standard InChI is InChI=1S/C10H17N2O6P/c1-6-3-12(10(15)11-9(6)14)5-17-8(7(2)13)4-18-19-16/h3,7-8,13,16,19H,4-5H2,1-2H3,(H,11,14,15)/t7-,8?/m0/s1. The van der Waals surface area contributed by atoms with Crippen LogP contribution in [-0.2, 0) is 16.0 Å². The Balaban J connectivity index is 2.71. The largest absolute Gasteiger partial charge is 0.391 e. The molecule has 0 radical (unpaired) electrons. The minimum Gasteiger partial charge on any atom is -0.391 e. The lowest BCUT2D eigenvalue weighted by Crippen LogP contribution is -2.35. The van der Waals surface area contributed by atoms with Crippen LogP contribution in [0.1, 0.15) is 12.5 Å². The molecular weight excluding hydrogens is 275 g/mol. The summed E-state index contributed by atoms with van der Waals surface area (Å²) >= 11 is 0. The Kier molecular flexibility index (Phi) is 6.33. The molecule has 0 aliphatic carbocycles. The topological polar surface area (TPSA) is 114 Å². The van der Waals surface area contributed by atoms with Crippen LogP contribution >= 0.6 is 9.03 Å². The number of hydrogen-bond acceptors (Lipinski definition) is 6. The van der Waals surface area contributed by atoms with E-state index in [0.717, 1.165) is 0 Å². The van der Waals surface area contributed by atoms with E-state index in [2.05, 4.69) is 4.98 Å². The number of aromatic nitrogens is 2. The fourth-order valence-corrected chi connectivity index (χ4v) is 1.58. The number of nitrogens with one attached hydrogen (secondary N) is 1. The van der Waals surface area contributed by atoms with Crippen molar-refractivity contribution >= 4 is 9.03 Å². The highest BCUT2D eigenvalue weighted by Crippen LogP contribution is 2.09. The molecule has 1 heterocycles. The van der Waals surface area contributed by atoms with Crippen LogP contribution < -0.4 is 11.2 Å². The average Bonchev–Trinajstić information content (AvgIpc) is 2.34. The van der Waals surface area contributed by atoms with Crippen LogP contribution in [-0.4, -0.2) is 38.4 Å². The Bertz CT molecular complexity index is 511. The minimum absolute atomic E-state index is 0.00367. The van der Waals surface area contributed by atoms with E-state index < -0.39 is 32.5 Å². The molecule has 8 nitrogen and oxygen atoms in total. The van der Waals surface area contributed by atoms with Crippen molar-refractivity contribution in [2.24, 2.45) is 0 Å². The van der Waals surface area contributed by atoms with Crippen molar-refractivity contribution in [2.75, 3.05) is 6.61 Å². The molecule has 0 bridgehead atoms. The summed E-state index contributed by atoms with van der Waals surface area (Å²) in [5, 5.41) is 9.46. The molecule has 9 heteroatoms. The zero-order valence-corrected chi connectivity index (χ0v) is 11.6. The van der Waals surface area contributed by atoms with Crippen molar-refractivity contribution < 1.29 is 19.3 Å². The lowest BCUT2D eigenvalue weighted by Gasteiger charge is -2.20. The smallest absolute Gasteiger partial charge is 0.330 e. The first kappa shape index (κ1) is 16.0. The molecule has 0 aromatic carbocycles. The van der Waals surface area contributed by atoms with Gasteiger partial charge < -0.3 is 19.3 Å². The van der Waals surface area contributed by atoms with E-state index in [1.165, 1.54) is 17.7 Å². The summed E-state index contributed by atoms with van der Waals surface area (Å²) in [6.07, 6.45) is -0.135. The summed E-state index contributed by atoms with van der Waals surface area (Å²) in [6.45, 7) is 2.94. The van der Waals surface area contributed by atoms with Gasteiger partial charge >= 0.3 is 5.69 Å². The molecule has 1 aromatic heterocycles. The van der Waals surface area contributed by atoms with Crippen LogP contribution in [0, 0.1) is 6.92 Å². The Morgan fingerprint density at radius 3 is 2.79 bits per heavy atom. The van der Waals surface area contributed by atoms with E-state index in [9.17, 15) is 14.7 Å². The maximum absolute atomic E-state index is 11.5. The van der Waals surface area contributed by atoms with Crippen LogP contribution in [0.4, 0.5) is 0 Å². The molecule has 0 amide bonds. The second-order valence-corrected chi connectivity index (χ2v) is 4.49.